The first kappa shape index (κ1) is 11.3. The highest BCUT2D eigenvalue weighted by Gasteiger charge is 1.87. The number of aliphatic hydroxyl groups excluding tert-OH is 1. The predicted octanol–water partition coefficient (Wildman–Crippen LogP) is 1.10. The lowest BCUT2D eigenvalue weighted by Crippen LogP contribution is -2.17. The maximum absolute atomic E-state index is 8.46. The molecule has 0 bridgehead atoms. The summed E-state index contributed by atoms with van der Waals surface area (Å²) >= 11 is 1.90. The van der Waals surface area contributed by atoms with Gasteiger partial charge in [0.1, 0.15) is 0 Å². The summed E-state index contributed by atoms with van der Waals surface area (Å²) in [5, 5.41) is 11.7. The van der Waals surface area contributed by atoms with Gasteiger partial charge in [-0.1, -0.05) is 0 Å². The van der Waals surface area contributed by atoms with E-state index in [0.29, 0.717) is 6.61 Å². The van der Waals surface area contributed by atoms with Gasteiger partial charge in [0.05, 0.1) is 0 Å². The molecule has 0 aliphatic carbocycles. The Morgan fingerprint density at radius 1 is 1.18 bits per heavy atom. The summed E-state index contributed by atoms with van der Waals surface area (Å²) in [6.45, 7) is 2.36. The van der Waals surface area contributed by atoms with Crippen LogP contribution in [0.25, 0.3) is 0 Å². The number of hydrogen-bond donors (Lipinski definition) is 2. The number of rotatable bonds is 8. The van der Waals surface area contributed by atoms with Crippen molar-refractivity contribution in [3.63, 3.8) is 0 Å². The molecule has 0 aliphatic rings. The first-order valence-electron chi connectivity index (χ1n) is 4.22. The molecule has 0 atom stereocenters. The predicted molar refractivity (Wildman–Crippen MR) is 52.2 cm³/mol. The topological polar surface area (TPSA) is 32.3 Å². The number of nitrogens with one attached hydrogen (secondary N) is 1. The third-order valence-corrected chi connectivity index (χ3v) is 2.16. The van der Waals surface area contributed by atoms with Crippen molar-refractivity contribution in [3.8, 4) is 0 Å². The van der Waals surface area contributed by atoms with Crippen molar-refractivity contribution in [3.05, 3.63) is 0 Å². The van der Waals surface area contributed by atoms with E-state index in [0.717, 1.165) is 19.5 Å². The van der Waals surface area contributed by atoms with Crippen molar-refractivity contribution in [2.75, 3.05) is 31.7 Å². The zero-order valence-electron chi connectivity index (χ0n) is 7.31. The summed E-state index contributed by atoms with van der Waals surface area (Å²) < 4.78 is 0. The highest BCUT2D eigenvalue weighted by Crippen LogP contribution is 1.97. The molecule has 2 N–H and O–H groups in total. The van der Waals surface area contributed by atoms with Gasteiger partial charge in [0, 0.05) is 6.61 Å². The van der Waals surface area contributed by atoms with Gasteiger partial charge in [-0.05, 0) is 44.4 Å². The van der Waals surface area contributed by atoms with Crippen LogP contribution in [0.4, 0.5) is 0 Å². The Labute approximate surface area is 73.8 Å². The number of unbranched alkanes of at least 4 members (excludes halogenated alkanes) is 1. The van der Waals surface area contributed by atoms with Crippen molar-refractivity contribution in [2.45, 2.75) is 19.3 Å². The zero-order chi connectivity index (χ0) is 8.36. The van der Waals surface area contributed by atoms with Crippen LogP contribution in [0.2, 0.25) is 0 Å². The summed E-state index contributed by atoms with van der Waals surface area (Å²) in [7, 11) is 0. The lowest BCUT2D eigenvalue weighted by molar-refractivity contribution is 0.286. The number of hydrogen-bond acceptors (Lipinski definition) is 3. The van der Waals surface area contributed by atoms with Crippen LogP contribution in [0.1, 0.15) is 19.3 Å². The van der Waals surface area contributed by atoms with Crippen molar-refractivity contribution in [1.82, 2.24) is 5.32 Å². The first-order valence-corrected chi connectivity index (χ1v) is 5.61. The van der Waals surface area contributed by atoms with Crippen molar-refractivity contribution < 1.29 is 5.11 Å². The summed E-state index contributed by atoms with van der Waals surface area (Å²) in [6, 6.07) is 0. The lowest BCUT2D eigenvalue weighted by Gasteiger charge is -2.01. The van der Waals surface area contributed by atoms with Crippen LogP contribution in [0.3, 0.4) is 0 Å². The Balaban J connectivity index is 2.69. The van der Waals surface area contributed by atoms with E-state index >= 15 is 0 Å². The van der Waals surface area contributed by atoms with Gasteiger partial charge in [-0.2, -0.15) is 11.8 Å². The van der Waals surface area contributed by atoms with E-state index < -0.39 is 0 Å². The van der Waals surface area contributed by atoms with Gasteiger partial charge < -0.3 is 10.4 Å². The van der Waals surface area contributed by atoms with Crippen LogP contribution in [0.15, 0.2) is 0 Å². The minimum Gasteiger partial charge on any atom is -0.396 e. The van der Waals surface area contributed by atoms with Gasteiger partial charge >= 0.3 is 0 Å². The van der Waals surface area contributed by atoms with Crippen LogP contribution in [0.5, 0.6) is 0 Å². The SMILES string of the molecule is CSCCCCNCCCO. The summed E-state index contributed by atoms with van der Waals surface area (Å²) in [5.74, 6) is 1.27. The quantitative estimate of drug-likeness (QED) is 0.545. The minimum absolute atomic E-state index is 0.303. The number of aliphatic hydroxyl groups is 1. The molecule has 2 nitrogen and oxygen atoms in total. The van der Waals surface area contributed by atoms with E-state index in [4.69, 9.17) is 5.11 Å². The summed E-state index contributed by atoms with van der Waals surface area (Å²) in [5.41, 5.74) is 0. The van der Waals surface area contributed by atoms with E-state index in [-0.39, 0.29) is 0 Å². The van der Waals surface area contributed by atoms with Crippen LogP contribution < -0.4 is 5.32 Å². The molecule has 0 unspecified atom stereocenters. The Hall–Kier alpha value is 0.270. The second-order valence-corrected chi connectivity index (χ2v) is 3.51. The molecule has 11 heavy (non-hydrogen) atoms. The molecule has 0 aromatic heterocycles. The molecule has 0 saturated heterocycles. The van der Waals surface area contributed by atoms with Crippen LogP contribution >= 0.6 is 11.8 Å². The molecule has 0 aromatic rings. The maximum Gasteiger partial charge on any atom is 0.0443 e. The minimum atomic E-state index is 0.303. The smallest absolute Gasteiger partial charge is 0.0443 e. The molecule has 0 spiro atoms. The lowest BCUT2D eigenvalue weighted by atomic mass is 10.3. The van der Waals surface area contributed by atoms with Crippen molar-refractivity contribution in [2.24, 2.45) is 0 Å². The summed E-state index contributed by atoms with van der Waals surface area (Å²) in [4.78, 5) is 0. The Kier molecular flexibility index (Phi) is 10.5. The molecule has 0 amide bonds. The molecule has 3 heteroatoms. The van der Waals surface area contributed by atoms with Gasteiger partial charge in [-0.25, -0.2) is 0 Å². The molecule has 0 aliphatic heterocycles. The van der Waals surface area contributed by atoms with Crippen LogP contribution in [-0.2, 0) is 0 Å². The molecule has 0 rings (SSSR count). The third-order valence-electron chi connectivity index (χ3n) is 1.46. The van der Waals surface area contributed by atoms with Crippen LogP contribution in [0, 0.1) is 0 Å². The van der Waals surface area contributed by atoms with Crippen molar-refractivity contribution >= 4 is 11.8 Å². The van der Waals surface area contributed by atoms with Gasteiger partial charge in [-0.15, -0.1) is 0 Å². The zero-order valence-corrected chi connectivity index (χ0v) is 8.12. The van der Waals surface area contributed by atoms with Crippen molar-refractivity contribution in [1.29, 1.82) is 0 Å². The molecule has 0 aromatic carbocycles. The molecule has 0 heterocycles. The normalized spacial score (nSPS) is 10.4. The maximum atomic E-state index is 8.46. The first-order chi connectivity index (χ1) is 5.41. The Morgan fingerprint density at radius 3 is 2.55 bits per heavy atom. The molecule has 0 fully saturated rings. The van der Waals surface area contributed by atoms with E-state index in [1.807, 2.05) is 11.8 Å². The Morgan fingerprint density at radius 2 is 1.91 bits per heavy atom. The largest absolute Gasteiger partial charge is 0.396 e. The highest BCUT2D eigenvalue weighted by molar-refractivity contribution is 7.98. The van der Waals surface area contributed by atoms with Gasteiger partial charge in [0.15, 0.2) is 0 Å². The van der Waals surface area contributed by atoms with Gasteiger partial charge in [0.2, 0.25) is 0 Å². The standard InChI is InChI=1S/C8H19NOS/c1-11-8-3-2-5-9-6-4-7-10/h9-10H,2-8H2,1H3. The fraction of sp³-hybridized carbons (Fsp3) is 1.00. The van der Waals surface area contributed by atoms with E-state index in [9.17, 15) is 0 Å². The molecular weight excluding hydrogens is 158 g/mol. The van der Waals surface area contributed by atoms with E-state index in [1.54, 1.807) is 0 Å². The molecule has 0 radical (unpaired) electrons. The average molecular weight is 177 g/mol. The number of thioether (sulfide) groups is 1. The average Bonchev–Trinajstić information content (AvgIpc) is 2.03. The molecule has 0 saturated carbocycles. The second kappa shape index (κ2) is 10.3. The fourth-order valence-electron chi connectivity index (χ4n) is 0.825. The third kappa shape index (κ3) is 10.3. The molecule has 68 valence electrons. The second-order valence-electron chi connectivity index (χ2n) is 2.53. The van der Waals surface area contributed by atoms with Crippen LogP contribution in [-0.4, -0.2) is 36.8 Å². The van der Waals surface area contributed by atoms with E-state index in [2.05, 4.69) is 11.6 Å². The summed E-state index contributed by atoms with van der Waals surface area (Å²) in [6.07, 6.45) is 5.57. The fourth-order valence-corrected chi connectivity index (χ4v) is 1.32. The van der Waals surface area contributed by atoms with Gasteiger partial charge in [-0.3, -0.25) is 0 Å². The highest BCUT2D eigenvalue weighted by atomic mass is 32.2. The van der Waals surface area contributed by atoms with E-state index in [1.165, 1.54) is 18.6 Å². The van der Waals surface area contributed by atoms with Gasteiger partial charge in [0.25, 0.3) is 0 Å². The monoisotopic (exact) mass is 177 g/mol. The molecular formula is C8H19NOS. The Bertz CT molecular complexity index is 63.1.